The van der Waals surface area contributed by atoms with Gasteiger partial charge in [-0.25, -0.2) is 9.97 Å². The lowest BCUT2D eigenvalue weighted by molar-refractivity contribution is 0.532. The van der Waals surface area contributed by atoms with E-state index in [1.54, 1.807) is 17.7 Å². The fraction of sp³-hybridized carbons (Fsp3) is 0.308. The molecule has 0 spiro atoms. The first-order valence-electron chi connectivity index (χ1n) is 6.15. The number of nitrogens with one attached hydrogen (secondary N) is 1. The highest BCUT2D eigenvalue weighted by Gasteiger charge is 2.09. The van der Waals surface area contributed by atoms with Crippen LogP contribution < -0.4 is 5.32 Å². The number of aromatic nitrogens is 4. The molecule has 0 saturated carbocycles. The standard InChI is InChI=1S/C13H15N5S/c1-8(2)18-5-10(4-16-18)17-13-12-11(14-7-15-13)9(3)6-19-12/h4-8H,1-3H3,(H,14,15,17). The summed E-state index contributed by atoms with van der Waals surface area (Å²) in [6.45, 7) is 6.26. The molecule has 3 aromatic rings. The van der Waals surface area contributed by atoms with Crippen LogP contribution in [-0.2, 0) is 0 Å². The van der Waals surface area contributed by atoms with Gasteiger partial charge in [0.05, 0.1) is 22.1 Å². The smallest absolute Gasteiger partial charge is 0.151 e. The predicted octanol–water partition coefficient (Wildman–Crippen LogP) is 3.52. The van der Waals surface area contributed by atoms with Crippen LogP contribution in [0.5, 0.6) is 0 Å². The first kappa shape index (κ1) is 12.1. The minimum absolute atomic E-state index is 0.352. The molecule has 0 radical (unpaired) electrons. The molecule has 5 nitrogen and oxygen atoms in total. The van der Waals surface area contributed by atoms with Crippen molar-refractivity contribution < 1.29 is 0 Å². The molecule has 0 aliphatic rings. The molecule has 0 fully saturated rings. The van der Waals surface area contributed by atoms with Crippen molar-refractivity contribution >= 4 is 33.1 Å². The number of hydrogen-bond acceptors (Lipinski definition) is 5. The molecular formula is C13H15N5S. The van der Waals surface area contributed by atoms with Crippen LogP contribution in [0, 0.1) is 6.92 Å². The lowest BCUT2D eigenvalue weighted by Gasteiger charge is -2.04. The molecule has 3 aromatic heterocycles. The molecule has 0 amide bonds. The molecule has 0 unspecified atom stereocenters. The van der Waals surface area contributed by atoms with Gasteiger partial charge in [0.2, 0.25) is 0 Å². The van der Waals surface area contributed by atoms with E-state index in [1.807, 2.05) is 17.1 Å². The maximum absolute atomic E-state index is 4.32. The molecule has 1 N–H and O–H groups in total. The molecule has 0 saturated heterocycles. The second kappa shape index (κ2) is 4.62. The Morgan fingerprint density at radius 3 is 2.89 bits per heavy atom. The van der Waals surface area contributed by atoms with Crippen molar-refractivity contribution in [2.24, 2.45) is 0 Å². The molecule has 0 aromatic carbocycles. The zero-order valence-electron chi connectivity index (χ0n) is 11.1. The van der Waals surface area contributed by atoms with E-state index in [0.29, 0.717) is 6.04 Å². The van der Waals surface area contributed by atoms with E-state index in [9.17, 15) is 0 Å². The molecule has 6 heteroatoms. The Bertz CT molecular complexity index is 713. The van der Waals surface area contributed by atoms with Crippen molar-refractivity contribution in [1.82, 2.24) is 19.7 Å². The van der Waals surface area contributed by atoms with E-state index < -0.39 is 0 Å². The summed E-state index contributed by atoms with van der Waals surface area (Å²) < 4.78 is 3.00. The quantitative estimate of drug-likeness (QED) is 0.793. The highest BCUT2D eigenvalue weighted by Crippen LogP contribution is 2.30. The molecular weight excluding hydrogens is 258 g/mol. The maximum atomic E-state index is 4.32. The van der Waals surface area contributed by atoms with Crippen molar-refractivity contribution in [3.8, 4) is 0 Å². The van der Waals surface area contributed by atoms with Gasteiger partial charge in [0.15, 0.2) is 5.82 Å². The fourth-order valence-corrected chi connectivity index (χ4v) is 2.83. The van der Waals surface area contributed by atoms with Gasteiger partial charge in [0.1, 0.15) is 6.33 Å². The zero-order chi connectivity index (χ0) is 13.4. The molecule has 0 aliphatic heterocycles. The third-order valence-electron chi connectivity index (χ3n) is 2.92. The number of anilines is 2. The topological polar surface area (TPSA) is 55.6 Å². The Labute approximate surface area is 115 Å². The molecule has 3 heterocycles. The Hall–Kier alpha value is -1.95. The highest BCUT2D eigenvalue weighted by molar-refractivity contribution is 7.18. The summed E-state index contributed by atoms with van der Waals surface area (Å²) >= 11 is 1.66. The second-order valence-electron chi connectivity index (χ2n) is 4.75. The van der Waals surface area contributed by atoms with Crippen molar-refractivity contribution in [3.05, 3.63) is 29.7 Å². The third kappa shape index (κ3) is 2.19. The monoisotopic (exact) mass is 273 g/mol. The van der Waals surface area contributed by atoms with E-state index in [0.717, 1.165) is 21.7 Å². The van der Waals surface area contributed by atoms with E-state index in [2.05, 4.69) is 46.5 Å². The van der Waals surface area contributed by atoms with Gasteiger partial charge in [-0.1, -0.05) is 0 Å². The summed E-state index contributed by atoms with van der Waals surface area (Å²) in [5.74, 6) is 0.839. The Kier molecular flexibility index (Phi) is 2.94. The van der Waals surface area contributed by atoms with Crippen molar-refractivity contribution in [3.63, 3.8) is 0 Å². The minimum Gasteiger partial charge on any atom is -0.336 e. The number of hydrogen-bond donors (Lipinski definition) is 1. The molecule has 0 atom stereocenters. The molecule has 0 bridgehead atoms. The number of fused-ring (bicyclic) bond motifs is 1. The van der Waals surface area contributed by atoms with Gasteiger partial charge in [0, 0.05) is 12.2 Å². The number of nitrogens with zero attached hydrogens (tertiary/aromatic N) is 4. The SMILES string of the molecule is Cc1csc2c(Nc3cnn(C(C)C)c3)ncnc12. The number of aryl methyl sites for hydroxylation is 1. The normalized spacial score (nSPS) is 11.4. The van der Waals surface area contributed by atoms with Crippen LogP contribution in [0.3, 0.4) is 0 Å². The van der Waals surface area contributed by atoms with E-state index >= 15 is 0 Å². The van der Waals surface area contributed by atoms with Gasteiger partial charge < -0.3 is 5.32 Å². The van der Waals surface area contributed by atoms with Gasteiger partial charge in [-0.15, -0.1) is 11.3 Å². The van der Waals surface area contributed by atoms with E-state index in [4.69, 9.17) is 0 Å². The third-order valence-corrected chi connectivity index (χ3v) is 4.02. The second-order valence-corrected chi connectivity index (χ2v) is 5.63. The number of rotatable bonds is 3. The summed E-state index contributed by atoms with van der Waals surface area (Å²) in [4.78, 5) is 8.64. The minimum atomic E-state index is 0.352. The summed E-state index contributed by atoms with van der Waals surface area (Å²) in [5, 5.41) is 9.72. The van der Waals surface area contributed by atoms with Gasteiger partial charge in [-0.2, -0.15) is 5.10 Å². The van der Waals surface area contributed by atoms with Crippen LogP contribution >= 0.6 is 11.3 Å². The molecule has 0 aliphatic carbocycles. The number of thiophene rings is 1. The summed E-state index contributed by atoms with van der Waals surface area (Å²) in [5.41, 5.74) is 3.14. The van der Waals surface area contributed by atoms with Crippen molar-refractivity contribution in [1.29, 1.82) is 0 Å². The Morgan fingerprint density at radius 2 is 2.16 bits per heavy atom. The summed E-state index contributed by atoms with van der Waals surface area (Å²) in [7, 11) is 0. The van der Waals surface area contributed by atoms with Crippen LogP contribution in [0.15, 0.2) is 24.1 Å². The fourth-order valence-electron chi connectivity index (χ4n) is 1.88. The van der Waals surface area contributed by atoms with Gasteiger partial charge >= 0.3 is 0 Å². The lowest BCUT2D eigenvalue weighted by Crippen LogP contribution is -2.00. The van der Waals surface area contributed by atoms with Crippen LogP contribution in [0.2, 0.25) is 0 Å². The summed E-state index contributed by atoms with van der Waals surface area (Å²) in [6.07, 6.45) is 5.39. The largest absolute Gasteiger partial charge is 0.336 e. The Morgan fingerprint density at radius 1 is 1.32 bits per heavy atom. The van der Waals surface area contributed by atoms with Gasteiger partial charge in [-0.3, -0.25) is 4.68 Å². The zero-order valence-corrected chi connectivity index (χ0v) is 11.9. The van der Waals surface area contributed by atoms with Crippen molar-refractivity contribution in [2.45, 2.75) is 26.8 Å². The highest BCUT2D eigenvalue weighted by atomic mass is 32.1. The molecule has 98 valence electrons. The van der Waals surface area contributed by atoms with Gasteiger partial charge in [0.25, 0.3) is 0 Å². The van der Waals surface area contributed by atoms with Crippen molar-refractivity contribution in [2.75, 3.05) is 5.32 Å². The first-order valence-corrected chi connectivity index (χ1v) is 7.03. The average Bonchev–Trinajstić information content (AvgIpc) is 2.98. The first-order chi connectivity index (χ1) is 9.15. The molecule has 19 heavy (non-hydrogen) atoms. The van der Waals surface area contributed by atoms with Crippen LogP contribution in [0.4, 0.5) is 11.5 Å². The Balaban J connectivity index is 1.96. The van der Waals surface area contributed by atoms with E-state index in [1.165, 1.54) is 5.56 Å². The predicted molar refractivity (Wildman–Crippen MR) is 78.0 cm³/mol. The van der Waals surface area contributed by atoms with E-state index in [-0.39, 0.29) is 0 Å². The maximum Gasteiger partial charge on any atom is 0.151 e. The van der Waals surface area contributed by atoms with Crippen LogP contribution in [0.1, 0.15) is 25.5 Å². The van der Waals surface area contributed by atoms with Gasteiger partial charge in [-0.05, 0) is 31.7 Å². The lowest BCUT2D eigenvalue weighted by atomic mass is 10.3. The van der Waals surface area contributed by atoms with Crippen LogP contribution in [0.25, 0.3) is 10.2 Å². The molecule has 3 rings (SSSR count). The van der Waals surface area contributed by atoms with Crippen LogP contribution in [-0.4, -0.2) is 19.7 Å². The summed E-state index contributed by atoms with van der Waals surface area (Å²) in [6, 6.07) is 0.352. The average molecular weight is 273 g/mol.